The summed E-state index contributed by atoms with van der Waals surface area (Å²) in [6.07, 6.45) is 6.80. The van der Waals surface area contributed by atoms with Crippen molar-refractivity contribution in [1.29, 1.82) is 0 Å². The van der Waals surface area contributed by atoms with E-state index in [1.807, 2.05) is 0 Å². The second-order valence-corrected chi connectivity index (χ2v) is 7.08. The van der Waals surface area contributed by atoms with Crippen molar-refractivity contribution >= 4 is 23.4 Å². The number of carbonyl (C=O) groups excluding carboxylic acids is 2. The fourth-order valence-corrected chi connectivity index (χ4v) is 3.93. The molecule has 0 spiro atoms. The molecular formula is C22H22ClNO6. The van der Waals surface area contributed by atoms with Gasteiger partial charge in [0.2, 0.25) is 5.88 Å². The lowest BCUT2D eigenvalue weighted by molar-refractivity contribution is -0.139. The van der Waals surface area contributed by atoms with E-state index in [1.54, 1.807) is 19.1 Å². The number of rotatable bonds is 6. The Bertz CT molecular complexity index is 988. The lowest BCUT2D eigenvalue weighted by Gasteiger charge is -2.32. The van der Waals surface area contributed by atoms with Crippen molar-refractivity contribution in [3.05, 3.63) is 45.5 Å². The maximum absolute atomic E-state index is 12.8. The molecule has 0 fully saturated rings. The molecule has 1 atom stereocenters. The second kappa shape index (κ2) is 9.14. The number of allylic oxidation sites excluding steroid dienone is 2. The molecule has 2 aliphatic rings. The van der Waals surface area contributed by atoms with Crippen LogP contribution in [0.2, 0.25) is 5.02 Å². The van der Waals surface area contributed by atoms with Crippen LogP contribution in [0.3, 0.4) is 0 Å². The zero-order chi connectivity index (χ0) is 21.8. The Morgan fingerprint density at radius 1 is 1.40 bits per heavy atom. The summed E-state index contributed by atoms with van der Waals surface area (Å²) in [5, 5.41) is 0.221. The molecule has 1 heterocycles. The van der Waals surface area contributed by atoms with Gasteiger partial charge in [0.15, 0.2) is 17.3 Å². The molecule has 1 aromatic carbocycles. The van der Waals surface area contributed by atoms with E-state index in [0.717, 1.165) is 0 Å². The Hall–Kier alpha value is -3.11. The van der Waals surface area contributed by atoms with Crippen LogP contribution in [-0.2, 0) is 19.1 Å². The van der Waals surface area contributed by atoms with Gasteiger partial charge in [0.05, 0.1) is 24.7 Å². The quantitative estimate of drug-likeness (QED) is 0.545. The molecule has 0 bridgehead atoms. The molecule has 0 aromatic heterocycles. The van der Waals surface area contributed by atoms with Crippen LogP contribution in [0.1, 0.15) is 37.7 Å². The number of methoxy groups -OCH3 is 1. The number of ether oxygens (including phenoxy) is 4. The molecule has 1 aliphatic carbocycles. The molecule has 1 aromatic rings. The first-order valence-corrected chi connectivity index (χ1v) is 9.85. The summed E-state index contributed by atoms with van der Waals surface area (Å²) in [4.78, 5) is 25.6. The fraction of sp³-hybridized carbons (Fsp3) is 0.364. The number of benzene rings is 1. The van der Waals surface area contributed by atoms with Crippen molar-refractivity contribution in [2.45, 2.75) is 32.1 Å². The summed E-state index contributed by atoms with van der Waals surface area (Å²) < 4.78 is 21.7. The highest BCUT2D eigenvalue weighted by atomic mass is 35.5. The van der Waals surface area contributed by atoms with E-state index < -0.39 is 11.9 Å². The van der Waals surface area contributed by atoms with Crippen molar-refractivity contribution in [2.24, 2.45) is 5.73 Å². The minimum absolute atomic E-state index is 0.00140. The van der Waals surface area contributed by atoms with E-state index in [4.69, 9.17) is 42.7 Å². The average molecular weight is 432 g/mol. The summed E-state index contributed by atoms with van der Waals surface area (Å²) in [6.45, 7) is 1.83. The summed E-state index contributed by atoms with van der Waals surface area (Å²) >= 11 is 6.44. The summed E-state index contributed by atoms with van der Waals surface area (Å²) in [7, 11) is 1.45. The molecule has 158 valence electrons. The van der Waals surface area contributed by atoms with Crippen LogP contribution in [0.5, 0.6) is 11.5 Å². The maximum Gasteiger partial charge on any atom is 0.340 e. The smallest absolute Gasteiger partial charge is 0.340 e. The Balaban J connectivity index is 2.19. The van der Waals surface area contributed by atoms with Gasteiger partial charge in [-0.1, -0.05) is 17.5 Å². The third kappa shape index (κ3) is 3.96. The van der Waals surface area contributed by atoms with Crippen LogP contribution in [0, 0.1) is 12.3 Å². The molecule has 2 N–H and O–H groups in total. The number of esters is 1. The van der Waals surface area contributed by atoms with Crippen molar-refractivity contribution < 1.29 is 28.5 Å². The molecule has 0 saturated heterocycles. The average Bonchev–Trinajstić information content (AvgIpc) is 2.71. The van der Waals surface area contributed by atoms with Gasteiger partial charge in [-0.3, -0.25) is 4.79 Å². The van der Waals surface area contributed by atoms with Crippen LogP contribution in [0.4, 0.5) is 0 Å². The molecule has 0 saturated carbocycles. The molecule has 0 amide bonds. The van der Waals surface area contributed by atoms with E-state index in [2.05, 4.69) is 5.92 Å². The van der Waals surface area contributed by atoms with E-state index in [9.17, 15) is 9.59 Å². The first-order chi connectivity index (χ1) is 14.4. The maximum atomic E-state index is 12.8. The van der Waals surface area contributed by atoms with Gasteiger partial charge in [-0.05, 0) is 31.0 Å². The van der Waals surface area contributed by atoms with E-state index in [0.29, 0.717) is 41.9 Å². The standard InChI is InChI=1S/C22H22ClNO6/c1-4-9-29-20-13(23)10-12(11-16(20)27-3)17-18-14(25)7-6-8-15(18)30-21(24)19(17)22(26)28-5-2/h1,10-11,17H,5-9,24H2,2-3H3/t17-/m1/s1. The summed E-state index contributed by atoms with van der Waals surface area (Å²) in [5.41, 5.74) is 7.06. The van der Waals surface area contributed by atoms with Crippen LogP contribution in [-0.4, -0.2) is 32.1 Å². The van der Waals surface area contributed by atoms with Gasteiger partial charge >= 0.3 is 5.97 Å². The Labute approximate surface area is 179 Å². The zero-order valence-corrected chi connectivity index (χ0v) is 17.5. The van der Waals surface area contributed by atoms with Gasteiger partial charge in [-0.15, -0.1) is 6.42 Å². The third-order valence-electron chi connectivity index (χ3n) is 4.86. The molecule has 0 radical (unpaired) electrons. The molecular weight excluding hydrogens is 410 g/mol. The summed E-state index contributed by atoms with van der Waals surface area (Å²) in [6, 6.07) is 3.25. The van der Waals surface area contributed by atoms with Crippen LogP contribution in [0.25, 0.3) is 0 Å². The number of halogens is 1. The predicted octanol–water partition coefficient (Wildman–Crippen LogP) is 3.21. The predicted molar refractivity (Wildman–Crippen MR) is 110 cm³/mol. The monoisotopic (exact) mass is 431 g/mol. The second-order valence-electron chi connectivity index (χ2n) is 6.67. The van der Waals surface area contributed by atoms with Crippen LogP contribution in [0.15, 0.2) is 34.9 Å². The molecule has 3 rings (SSSR count). The Morgan fingerprint density at radius 3 is 2.83 bits per heavy atom. The first kappa shape index (κ1) is 21.6. The largest absolute Gasteiger partial charge is 0.493 e. The SMILES string of the molecule is C#CCOc1c(Cl)cc([C@H]2C(C(=O)OCC)=C(N)OC3=C2C(=O)CCC3)cc1OC. The molecule has 30 heavy (non-hydrogen) atoms. The van der Waals surface area contributed by atoms with E-state index >= 15 is 0 Å². The van der Waals surface area contributed by atoms with Crippen LogP contribution >= 0.6 is 11.6 Å². The van der Waals surface area contributed by atoms with E-state index in [1.165, 1.54) is 7.11 Å². The lowest BCUT2D eigenvalue weighted by Crippen LogP contribution is -2.31. The van der Waals surface area contributed by atoms with Crippen LogP contribution < -0.4 is 15.2 Å². The molecule has 7 nitrogen and oxygen atoms in total. The number of ketones is 1. The van der Waals surface area contributed by atoms with Gasteiger partial charge in [-0.25, -0.2) is 4.79 Å². The van der Waals surface area contributed by atoms with Gasteiger partial charge in [-0.2, -0.15) is 0 Å². The van der Waals surface area contributed by atoms with Gasteiger partial charge in [0.25, 0.3) is 0 Å². The Morgan fingerprint density at radius 2 is 2.17 bits per heavy atom. The molecule has 1 aliphatic heterocycles. The number of terminal acetylenes is 1. The number of nitrogens with two attached hydrogens (primary N) is 1. The van der Waals surface area contributed by atoms with Gasteiger partial charge in [0, 0.05) is 18.4 Å². The number of hydrogen-bond acceptors (Lipinski definition) is 7. The van der Waals surface area contributed by atoms with Crippen molar-refractivity contribution in [2.75, 3.05) is 20.3 Å². The molecule has 0 unspecified atom stereocenters. The minimum Gasteiger partial charge on any atom is -0.493 e. The van der Waals surface area contributed by atoms with Crippen molar-refractivity contribution in [1.82, 2.24) is 0 Å². The zero-order valence-electron chi connectivity index (χ0n) is 16.7. The summed E-state index contributed by atoms with van der Waals surface area (Å²) in [5.74, 6) is 1.75. The highest BCUT2D eigenvalue weighted by Crippen LogP contribution is 2.47. The molecule has 8 heteroatoms. The highest BCUT2D eigenvalue weighted by Gasteiger charge is 2.41. The number of Topliss-reactive ketones (excluding diaryl/α,β-unsaturated/α-hetero) is 1. The number of carbonyl (C=O) groups is 2. The highest BCUT2D eigenvalue weighted by molar-refractivity contribution is 6.32. The third-order valence-corrected chi connectivity index (χ3v) is 5.15. The topological polar surface area (TPSA) is 97.1 Å². The van der Waals surface area contributed by atoms with E-state index in [-0.39, 0.29) is 41.2 Å². The Kier molecular flexibility index (Phi) is 6.58. The first-order valence-electron chi connectivity index (χ1n) is 9.47. The normalized spacial score (nSPS) is 18.3. The lowest BCUT2D eigenvalue weighted by atomic mass is 9.77. The minimum atomic E-state index is -0.798. The van der Waals surface area contributed by atoms with Gasteiger partial charge in [0.1, 0.15) is 17.9 Å². The number of hydrogen-bond donors (Lipinski definition) is 1. The van der Waals surface area contributed by atoms with Crippen molar-refractivity contribution in [3.63, 3.8) is 0 Å². The fourth-order valence-electron chi connectivity index (χ4n) is 3.66. The van der Waals surface area contributed by atoms with Gasteiger partial charge < -0.3 is 24.7 Å². The van der Waals surface area contributed by atoms with Crippen molar-refractivity contribution in [3.8, 4) is 23.8 Å².